The number of esters is 1. The van der Waals surface area contributed by atoms with E-state index in [1.54, 1.807) is 0 Å². The number of rotatable bonds is 16. The van der Waals surface area contributed by atoms with E-state index in [2.05, 4.69) is 87.4 Å². The second kappa shape index (κ2) is 15.6. The molecular formula is C31H44O3Si. The van der Waals surface area contributed by atoms with Crippen LogP contribution in [0, 0.1) is 12.3 Å². The molecule has 35 heavy (non-hydrogen) atoms. The van der Waals surface area contributed by atoms with Crippen molar-refractivity contribution >= 4 is 24.7 Å². The molecule has 190 valence electrons. The molecule has 0 fully saturated rings. The molecule has 0 spiro atoms. The van der Waals surface area contributed by atoms with Gasteiger partial charge in [0.1, 0.15) is 0 Å². The van der Waals surface area contributed by atoms with Gasteiger partial charge in [-0.2, -0.15) is 0 Å². The second-order valence-electron chi connectivity index (χ2n) is 10.3. The molecule has 2 aromatic rings. The minimum atomic E-state index is -2.42. The van der Waals surface area contributed by atoms with Gasteiger partial charge in [0.2, 0.25) is 0 Å². The van der Waals surface area contributed by atoms with Crippen LogP contribution >= 0.6 is 0 Å². The summed E-state index contributed by atoms with van der Waals surface area (Å²) in [5.74, 6) is 2.53. The summed E-state index contributed by atoms with van der Waals surface area (Å²) in [6.45, 7) is 8.23. The lowest BCUT2D eigenvalue weighted by Crippen LogP contribution is -2.66. The minimum Gasteiger partial charge on any atom is -0.466 e. The highest BCUT2D eigenvalue weighted by atomic mass is 28.4. The standard InChI is InChI=1S/C31H44O3Si/c1-5-6-7-19-26-33-30(32)25-18-10-8-9-11-20-27-34-35(31(2,3)4,28-21-14-12-15-22-28)29-23-16-13-17-24-29/h1,12-17,21-24H,6-11,18-20,25-27H2,2-4H3. The van der Waals surface area contributed by atoms with Crippen LogP contribution in [0.1, 0.15) is 85.0 Å². The number of carbonyl (C=O) groups excluding carboxylic acids is 1. The van der Waals surface area contributed by atoms with Crippen LogP contribution in [-0.4, -0.2) is 27.5 Å². The van der Waals surface area contributed by atoms with Gasteiger partial charge in [-0.15, -0.1) is 12.3 Å². The lowest BCUT2D eigenvalue weighted by Gasteiger charge is -2.43. The van der Waals surface area contributed by atoms with E-state index in [0.717, 1.165) is 58.0 Å². The van der Waals surface area contributed by atoms with E-state index >= 15 is 0 Å². The Bertz CT molecular complexity index is 841. The van der Waals surface area contributed by atoms with Crippen LogP contribution in [0.4, 0.5) is 0 Å². The van der Waals surface area contributed by atoms with Crippen LogP contribution in [0.5, 0.6) is 0 Å². The fourth-order valence-electron chi connectivity index (χ4n) is 4.65. The zero-order valence-electron chi connectivity index (χ0n) is 22.1. The van der Waals surface area contributed by atoms with Gasteiger partial charge in [0.15, 0.2) is 0 Å². The fourth-order valence-corrected chi connectivity index (χ4v) is 9.26. The summed E-state index contributed by atoms with van der Waals surface area (Å²) >= 11 is 0. The van der Waals surface area contributed by atoms with Crippen molar-refractivity contribution < 1.29 is 14.0 Å². The van der Waals surface area contributed by atoms with Gasteiger partial charge in [-0.05, 0) is 41.1 Å². The first-order chi connectivity index (χ1) is 16.9. The molecular weight excluding hydrogens is 448 g/mol. The SMILES string of the molecule is C#CCCCCOC(=O)CCCCCCCCO[Si](c1ccccc1)(c1ccccc1)C(C)(C)C. The maximum Gasteiger partial charge on any atom is 0.305 e. The van der Waals surface area contributed by atoms with Crippen molar-refractivity contribution in [2.75, 3.05) is 13.2 Å². The van der Waals surface area contributed by atoms with Crippen molar-refractivity contribution in [3.05, 3.63) is 60.7 Å². The molecule has 0 unspecified atom stereocenters. The van der Waals surface area contributed by atoms with Gasteiger partial charge in [-0.3, -0.25) is 4.79 Å². The van der Waals surface area contributed by atoms with Crippen LogP contribution in [0.2, 0.25) is 5.04 Å². The highest BCUT2D eigenvalue weighted by molar-refractivity contribution is 6.99. The Balaban J connectivity index is 1.76. The third-order valence-electron chi connectivity index (χ3n) is 6.49. The summed E-state index contributed by atoms with van der Waals surface area (Å²) in [6, 6.07) is 21.6. The van der Waals surface area contributed by atoms with Crippen LogP contribution in [0.15, 0.2) is 60.7 Å². The predicted molar refractivity (Wildman–Crippen MR) is 150 cm³/mol. The third kappa shape index (κ3) is 9.31. The summed E-state index contributed by atoms with van der Waals surface area (Å²) < 4.78 is 12.2. The molecule has 0 aromatic heterocycles. The number of unbranched alkanes of at least 4 members (excludes halogenated alkanes) is 7. The van der Waals surface area contributed by atoms with E-state index in [4.69, 9.17) is 15.6 Å². The second-order valence-corrected chi connectivity index (χ2v) is 14.6. The van der Waals surface area contributed by atoms with Crippen molar-refractivity contribution in [3.63, 3.8) is 0 Å². The molecule has 0 amide bonds. The molecule has 0 bridgehead atoms. The topological polar surface area (TPSA) is 35.5 Å². The largest absolute Gasteiger partial charge is 0.466 e. The summed E-state index contributed by atoms with van der Waals surface area (Å²) in [4.78, 5) is 11.8. The predicted octanol–water partition coefficient (Wildman–Crippen LogP) is 6.64. The van der Waals surface area contributed by atoms with Gasteiger partial charge in [-0.1, -0.05) is 107 Å². The van der Waals surface area contributed by atoms with Gasteiger partial charge in [0.25, 0.3) is 8.32 Å². The van der Waals surface area contributed by atoms with Crippen molar-refractivity contribution in [2.45, 2.75) is 90.0 Å². The summed E-state index contributed by atoms with van der Waals surface area (Å²) in [5.41, 5.74) is 0. The number of benzene rings is 2. The van der Waals surface area contributed by atoms with Gasteiger partial charge in [0.05, 0.1) is 6.61 Å². The number of carbonyl (C=O) groups is 1. The van der Waals surface area contributed by atoms with Crippen LogP contribution in [0.25, 0.3) is 0 Å². The molecule has 0 atom stereocenters. The average Bonchev–Trinajstić information content (AvgIpc) is 2.85. The van der Waals surface area contributed by atoms with E-state index in [9.17, 15) is 4.79 Å². The molecule has 3 nitrogen and oxygen atoms in total. The molecule has 0 saturated heterocycles. The summed E-state index contributed by atoms with van der Waals surface area (Å²) in [7, 11) is -2.42. The Morgan fingerprint density at radius 1 is 0.771 bits per heavy atom. The zero-order chi connectivity index (χ0) is 25.4. The number of hydrogen-bond acceptors (Lipinski definition) is 3. The highest BCUT2D eigenvalue weighted by Gasteiger charge is 2.49. The van der Waals surface area contributed by atoms with E-state index < -0.39 is 8.32 Å². The number of hydrogen-bond donors (Lipinski definition) is 0. The Labute approximate surface area is 214 Å². The smallest absolute Gasteiger partial charge is 0.305 e. The normalized spacial score (nSPS) is 11.7. The molecule has 0 aliphatic heterocycles. The van der Waals surface area contributed by atoms with Crippen LogP contribution in [-0.2, 0) is 14.0 Å². The quantitative estimate of drug-likeness (QED) is 0.114. The number of terminal acetylenes is 1. The zero-order valence-corrected chi connectivity index (χ0v) is 23.1. The Morgan fingerprint density at radius 3 is 1.83 bits per heavy atom. The first-order valence-corrected chi connectivity index (χ1v) is 15.2. The molecule has 0 aliphatic rings. The summed E-state index contributed by atoms with van der Waals surface area (Å²) in [6.07, 6.45) is 14.8. The van der Waals surface area contributed by atoms with Crippen molar-refractivity contribution in [1.82, 2.24) is 0 Å². The molecule has 0 radical (unpaired) electrons. The minimum absolute atomic E-state index is 0.0195. The third-order valence-corrected chi connectivity index (χ3v) is 11.5. The first kappa shape index (κ1) is 28.9. The Hall–Kier alpha value is -2.35. The van der Waals surface area contributed by atoms with Crippen molar-refractivity contribution in [3.8, 4) is 12.3 Å². The van der Waals surface area contributed by atoms with E-state index in [1.165, 1.54) is 16.8 Å². The van der Waals surface area contributed by atoms with Gasteiger partial charge in [-0.25, -0.2) is 0 Å². The Morgan fingerprint density at radius 2 is 1.29 bits per heavy atom. The molecule has 2 rings (SSSR count). The molecule has 2 aromatic carbocycles. The van der Waals surface area contributed by atoms with Gasteiger partial charge >= 0.3 is 5.97 Å². The lowest BCUT2D eigenvalue weighted by molar-refractivity contribution is -0.143. The lowest BCUT2D eigenvalue weighted by atomic mass is 10.1. The van der Waals surface area contributed by atoms with E-state index in [-0.39, 0.29) is 11.0 Å². The molecule has 0 saturated carbocycles. The fraction of sp³-hybridized carbons (Fsp3) is 0.516. The maximum atomic E-state index is 11.8. The van der Waals surface area contributed by atoms with Crippen LogP contribution in [0.3, 0.4) is 0 Å². The summed E-state index contributed by atoms with van der Waals surface area (Å²) in [5, 5.41) is 2.69. The van der Waals surface area contributed by atoms with E-state index in [0.29, 0.717) is 13.0 Å². The maximum absolute atomic E-state index is 11.8. The first-order valence-electron chi connectivity index (χ1n) is 13.3. The highest BCUT2D eigenvalue weighted by Crippen LogP contribution is 2.36. The van der Waals surface area contributed by atoms with Crippen LogP contribution < -0.4 is 10.4 Å². The van der Waals surface area contributed by atoms with Crippen molar-refractivity contribution in [1.29, 1.82) is 0 Å². The van der Waals surface area contributed by atoms with Gasteiger partial charge < -0.3 is 9.16 Å². The average molecular weight is 493 g/mol. The van der Waals surface area contributed by atoms with E-state index in [1.807, 2.05) is 0 Å². The molecule has 4 heteroatoms. The van der Waals surface area contributed by atoms with Crippen molar-refractivity contribution in [2.24, 2.45) is 0 Å². The Kier molecular flexibility index (Phi) is 12.9. The molecule has 0 aliphatic carbocycles. The monoisotopic (exact) mass is 492 g/mol. The van der Waals surface area contributed by atoms with Gasteiger partial charge in [0, 0.05) is 19.4 Å². The molecule has 0 heterocycles. The molecule has 0 N–H and O–H groups in total. The number of ether oxygens (including phenoxy) is 1.